The molecule has 1 aliphatic rings. The average molecular weight is 260 g/mol. The second-order valence-corrected chi connectivity index (χ2v) is 5.01. The Balaban J connectivity index is 1.77. The molecule has 1 unspecified atom stereocenters. The zero-order valence-corrected chi connectivity index (χ0v) is 11.0. The molecule has 0 aromatic heterocycles. The zero-order valence-electron chi connectivity index (χ0n) is 11.0. The highest BCUT2D eigenvalue weighted by Crippen LogP contribution is 2.30. The molecule has 1 aliphatic carbocycles. The van der Waals surface area contributed by atoms with Gasteiger partial charge in [-0.2, -0.15) is 0 Å². The van der Waals surface area contributed by atoms with Gasteiger partial charge >= 0.3 is 5.97 Å². The Morgan fingerprint density at radius 3 is 2.79 bits per heavy atom. The van der Waals surface area contributed by atoms with Gasteiger partial charge in [-0.1, -0.05) is 24.8 Å². The number of hydrogen-bond donors (Lipinski definition) is 1. The molecule has 1 saturated carbocycles. The first kappa shape index (κ1) is 13.8. The van der Waals surface area contributed by atoms with Gasteiger partial charge in [0.15, 0.2) is 0 Å². The molecular formula is C16H20O3. The van der Waals surface area contributed by atoms with Crippen molar-refractivity contribution in [3.8, 4) is 0 Å². The maximum atomic E-state index is 11.7. The molecule has 3 nitrogen and oxygen atoms in total. The molecule has 0 amide bonds. The van der Waals surface area contributed by atoms with Crippen LogP contribution in [0.15, 0.2) is 42.5 Å². The molecule has 19 heavy (non-hydrogen) atoms. The average Bonchev–Trinajstić information content (AvgIpc) is 2.44. The summed E-state index contributed by atoms with van der Waals surface area (Å²) in [7, 11) is 0. The van der Waals surface area contributed by atoms with E-state index in [0.29, 0.717) is 12.2 Å². The molecule has 2 atom stereocenters. The van der Waals surface area contributed by atoms with E-state index in [1.807, 2.05) is 18.2 Å². The Morgan fingerprint density at radius 1 is 1.32 bits per heavy atom. The number of esters is 1. The number of carbonyl (C=O) groups excluding carboxylic acids is 1. The summed E-state index contributed by atoms with van der Waals surface area (Å²) in [5, 5.41) is 9.73. The molecule has 1 N–H and O–H groups in total. The molecule has 1 aromatic rings. The molecule has 0 spiro atoms. The lowest BCUT2D eigenvalue weighted by Crippen LogP contribution is -2.24. The highest BCUT2D eigenvalue weighted by atomic mass is 16.5. The van der Waals surface area contributed by atoms with Crippen molar-refractivity contribution in [2.75, 3.05) is 6.61 Å². The number of carbonyl (C=O) groups is 1. The molecule has 0 radical (unpaired) electrons. The van der Waals surface area contributed by atoms with Crippen LogP contribution in [0, 0.1) is 5.92 Å². The lowest BCUT2D eigenvalue weighted by molar-refractivity contribution is 0.0475. The summed E-state index contributed by atoms with van der Waals surface area (Å²) in [4.78, 5) is 11.7. The van der Waals surface area contributed by atoms with Crippen LogP contribution in [-0.4, -0.2) is 23.8 Å². The maximum Gasteiger partial charge on any atom is 0.338 e. The Morgan fingerprint density at radius 2 is 2.05 bits per heavy atom. The van der Waals surface area contributed by atoms with Gasteiger partial charge in [0, 0.05) is 0 Å². The van der Waals surface area contributed by atoms with E-state index >= 15 is 0 Å². The van der Waals surface area contributed by atoms with E-state index < -0.39 is 0 Å². The Bertz CT molecular complexity index is 439. The summed E-state index contributed by atoms with van der Waals surface area (Å²) in [6.07, 6.45) is 3.20. The summed E-state index contributed by atoms with van der Waals surface area (Å²) < 4.78 is 5.25. The molecule has 102 valence electrons. The standard InChI is InChI=1S/C16H20O3/c1-12-13(8-5-9-15(12)17)10-11-19-16(18)14-6-3-2-4-7-14/h2-4,6-7,13,15,17H,1,5,8-11H2/t13?,15-/m0/s1. The van der Waals surface area contributed by atoms with Crippen molar-refractivity contribution >= 4 is 5.97 Å². The predicted molar refractivity (Wildman–Crippen MR) is 73.8 cm³/mol. The molecule has 3 heteroatoms. The topological polar surface area (TPSA) is 46.5 Å². The minimum absolute atomic E-state index is 0.271. The van der Waals surface area contributed by atoms with Gasteiger partial charge in [0.2, 0.25) is 0 Å². The maximum absolute atomic E-state index is 11.7. The molecule has 0 heterocycles. The van der Waals surface area contributed by atoms with E-state index in [-0.39, 0.29) is 18.0 Å². The number of ether oxygens (including phenoxy) is 1. The Labute approximate surface area is 113 Å². The second kappa shape index (κ2) is 6.53. The minimum atomic E-state index is -0.386. The van der Waals surface area contributed by atoms with Crippen molar-refractivity contribution in [2.45, 2.75) is 31.8 Å². The summed E-state index contributed by atoms with van der Waals surface area (Å²) in [6.45, 7) is 4.32. The van der Waals surface area contributed by atoms with Gasteiger partial charge in [0.25, 0.3) is 0 Å². The second-order valence-electron chi connectivity index (χ2n) is 5.01. The van der Waals surface area contributed by atoms with Crippen LogP contribution < -0.4 is 0 Å². The summed E-state index contributed by atoms with van der Waals surface area (Å²) in [5.41, 5.74) is 1.46. The minimum Gasteiger partial charge on any atom is -0.462 e. The van der Waals surface area contributed by atoms with Crippen molar-refractivity contribution in [2.24, 2.45) is 5.92 Å². The van der Waals surface area contributed by atoms with Crippen LogP contribution in [-0.2, 0) is 4.74 Å². The molecule has 0 bridgehead atoms. The van der Waals surface area contributed by atoms with Crippen LogP contribution in [0.1, 0.15) is 36.0 Å². The zero-order chi connectivity index (χ0) is 13.7. The number of hydrogen-bond acceptors (Lipinski definition) is 3. The molecule has 1 aromatic carbocycles. The molecule has 0 saturated heterocycles. The van der Waals surface area contributed by atoms with Crippen molar-refractivity contribution in [1.29, 1.82) is 0 Å². The van der Waals surface area contributed by atoms with E-state index in [9.17, 15) is 9.90 Å². The fraction of sp³-hybridized carbons (Fsp3) is 0.438. The molecule has 0 aliphatic heterocycles. The largest absolute Gasteiger partial charge is 0.462 e. The first-order valence-corrected chi connectivity index (χ1v) is 6.77. The monoisotopic (exact) mass is 260 g/mol. The van der Waals surface area contributed by atoms with E-state index in [1.54, 1.807) is 12.1 Å². The van der Waals surface area contributed by atoms with Crippen LogP contribution in [0.25, 0.3) is 0 Å². The van der Waals surface area contributed by atoms with Crippen molar-refractivity contribution in [3.05, 3.63) is 48.0 Å². The van der Waals surface area contributed by atoms with Crippen LogP contribution in [0.3, 0.4) is 0 Å². The van der Waals surface area contributed by atoms with E-state index in [2.05, 4.69) is 6.58 Å². The predicted octanol–water partition coefficient (Wildman–Crippen LogP) is 2.95. The van der Waals surface area contributed by atoms with Crippen LogP contribution in [0.2, 0.25) is 0 Å². The van der Waals surface area contributed by atoms with Crippen molar-refractivity contribution < 1.29 is 14.6 Å². The van der Waals surface area contributed by atoms with Crippen LogP contribution in [0.5, 0.6) is 0 Å². The highest BCUT2D eigenvalue weighted by Gasteiger charge is 2.24. The van der Waals surface area contributed by atoms with E-state index in [0.717, 1.165) is 31.3 Å². The third-order valence-corrected chi connectivity index (χ3v) is 3.69. The lowest BCUT2D eigenvalue weighted by Gasteiger charge is -2.28. The summed E-state index contributed by atoms with van der Waals surface area (Å²) in [5.74, 6) is -0.0186. The van der Waals surface area contributed by atoms with E-state index in [1.165, 1.54) is 0 Å². The Kier molecular flexibility index (Phi) is 4.74. The molecule has 1 fully saturated rings. The van der Waals surface area contributed by atoms with Gasteiger partial charge in [-0.15, -0.1) is 0 Å². The smallest absolute Gasteiger partial charge is 0.338 e. The first-order valence-electron chi connectivity index (χ1n) is 6.77. The van der Waals surface area contributed by atoms with Crippen molar-refractivity contribution in [1.82, 2.24) is 0 Å². The first-order chi connectivity index (χ1) is 9.18. The van der Waals surface area contributed by atoms with E-state index in [4.69, 9.17) is 4.74 Å². The van der Waals surface area contributed by atoms with Gasteiger partial charge in [-0.25, -0.2) is 4.79 Å². The lowest BCUT2D eigenvalue weighted by atomic mass is 9.81. The van der Waals surface area contributed by atoms with Gasteiger partial charge in [-0.05, 0) is 49.3 Å². The highest BCUT2D eigenvalue weighted by molar-refractivity contribution is 5.89. The summed E-state index contributed by atoms with van der Waals surface area (Å²) in [6, 6.07) is 8.98. The normalized spacial score (nSPS) is 23.1. The number of benzene rings is 1. The number of rotatable bonds is 4. The summed E-state index contributed by atoms with van der Waals surface area (Å²) >= 11 is 0. The fourth-order valence-electron chi connectivity index (χ4n) is 2.48. The molecular weight excluding hydrogens is 240 g/mol. The number of aliphatic hydroxyl groups is 1. The van der Waals surface area contributed by atoms with Gasteiger partial charge < -0.3 is 9.84 Å². The number of aliphatic hydroxyl groups excluding tert-OH is 1. The van der Waals surface area contributed by atoms with Crippen LogP contribution >= 0.6 is 0 Å². The van der Waals surface area contributed by atoms with Gasteiger partial charge in [0.05, 0.1) is 18.3 Å². The van der Waals surface area contributed by atoms with Crippen LogP contribution in [0.4, 0.5) is 0 Å². The quantitative estimate of drug-likeness (QED) is 0.668. The van der Waals surface area contributed by atoms with Crippen molar-refractivity contribution in [3.63, 3.8) is 0 Å². The van der Waals surface area contributed by atoms with Gasteiger partial charge in [0.1, 0.15) is 0 Å². The van der Waals surface area contributed by atoms with Gasteiger partial charge in [-0.3, -0.25) is 0 Å². The SMILES string of the molecule is C=C1C(CCOC(=O)c2ccccc2)CCC[C@@H]1O. The fourth-order valence-corrected chi connectivity index (χ4v) is 2.48. The molecule has 2 rings (SSSR count). The Hall–Kier alpha value is -1.61. The third-order valence-electron chi connectivity index (χ3n) is 3.69. The third kappa shape index (κ3) is 3.67.